The molecule has 0 saturated heterocycles. The first-order chi connectivity index (χ1) is 5.18. The zero-order chi connectivity index (χ0) is 8.27. The molecular weight excluding hydrogens is 253 g/mol. The van der Waals surface area contributed by atoms with Crippen molar-refractivity contribution < 1.29 is 0 Å². The van der Waals surface area contributed by atoms with E-state index in [2.05, 4.69) is 46.5 Å². The van der Waals surface area contributed by atoms with Crippen molar-refractivity contribution in [2.24, 2.45) is 5.92 Å². The molecule has 0 bridgehead atoms. The van der Waals surface area contributed by atoms with Gasteiger partial charge in [0.05, 0.1) is 0 Å². The topological polar surface area (TPSA) is 30.7 Å². The van der Waals surface area contributed by atoms with Crippen LogP contribution in [0.4, 0.5) is 0 Å². The summed E-state index contributed by atoms with van der Waals surface area (Å²) in [6, 6.07) is 0. The van der Waals surface area contributed by atoms with Gasteiger partial charge in [-0.1, -0.05) is 13.8 Å². The Bertz CT molecular complexity index is 219. The van der Waals surface area contributed by atoms with E-state index in [0.717, 1.165) is 16.3 Å². The number of rotatable bonds is 3. The van der Waals surface area contributed by atoms with E-state index in [1.165, 1.54) is 6.42 Å². The highest BCUT2D eigenvalue weighted by molar-refractivity contribution is 14.1. The molecule has 62 valence electrons. The van der Waals surface area contributed by atoms with Crippen LogP contribution in [0.2, 0.25) is 0 Å². The van der Waals surface area contributed by atoms with Crippen LogP contribution in [-0.2, 0) is 6.54 Å². The van der Waals surface area contributed by atoms with Crippen molar-refractivity contribution in [1.82, 2.24) is 14.8 Å². The van der Waals surface area contributed by atoms with E-state index in [1.807, 2.05) is 4.68 Å². The molecule has 11 heavy (non-hydrogen) atoms. The van der Waals surface area contributed by atoms with E-state index < -0.39 is 0 Å². The quantitative estimate of drug-likeness (QED) is 0.782. The molecule has 0 saturated carbocycles. The summed E-state index contributed by atoms with van der Waals surface area (Å²) in [7, 11) is 0. The van der Waals surface area contributed by atoms with Crippen LogP contribution in [0, 0.1) is 9.75 Å². The Morgan fingerprint density at radius 3 is 2.82 bits per heavy atom. The lowest BCUT2D eigenvalue weighted by molar-refractivity contribution is 0.485. The van der Waals surface area contributed by atoms with Gasteiger partial charge in [-0.25, -0.2) is 4.98 Å². The maximum atomic E-state index is 4.17. The van der Waals surface area contributed by atoms with Crippen LogP contribution < -0.4 is 0 Å². The molecule has 1 aromatic heterocycles. The van der Waals surface area contributed by atoms with Gasteiger partial charge in [0.15, 0.2) is 0 Å². The zero-order valence-corrected chi connectivity index (χ0v) is 8.95. The van der Waals surface area contributed by atoms with Gasteiger partial charge in [0.25, 0.3) is 0 Å². The van der Waals surface area contributed by atoms with Gasteiger partial charge < -0.3 is 0 Å². The molecule has 0 atom stereocenters. The van der Waals surface area contributed by atoms with E-state index in [0.29, 0.717) is 0 Å². The van der Waals surface area contributed by atoms with Crippen LogP contribution in [0.1, 0.15) is 20.3 Å². The van der Waals surface area contributed by atoms with Crippen molar-refractivity contribution in [3.05, 3.63) is 10.2 Å². The van der Waals surface area contributed by atoms with Gasteiger partial charge in [0.2, 0.25) is 3.83 Å². The molecule has 0 radical (unpaired) electrons. The Balaban J connectivity index is 2.39. The van der Waals surface area contributed by atoms with E-state index in [1.54, 1.807) is 6.33 Å². The van der Waals surface area contributed by atoms with Gasteiger partial charge in [-0.2, -0.15) is 0 Å². The predicted octanol–water partition coefficient (Wildman–Crippen LogP) is 1.93. The summed E-state index contributed by atoms with van der Waals surface area (Å²) in [6.07, 6.45) is 2.95. The second kappa shape index (κ2) is 4.04. The normalized spacial score (nSPS) is 10.9. The third-order valence-electron chi connectivity index (χ3n) is 1.44. The number of nitrogens with zero attached hydrogens (tertiary/aromatic N) is 3. The Hall–Kier alpha value is -0.130. The fourth-order valence-corrected chi connectivity index (χ4v) is 1.17. The minimum Gasteiger partial charge on any atom is -0.252 e. The highest BCUT2D eigenvalue weighted by Crippen LogP contribution is 2.02. The average molecular weight is 265 g/mol. The van der Waals surface area contributed by atoms with Crippen LogP contribution >= 0.6 is 22.6 Å². The molecule has 1 rings (SSSR count). The van der Waals surface area contributed by atoms with Crippen LogP contribution in [0.5, 0.6) is 0 Å². The van der Waals surface area contributed by atoms with E-state index in [9.17, 15) is 0 Å². The monoisotopic (exact) mass is 265 g/mol. The van der Waals surface area contributed by atoms with Crippen molar-refractivity contribution in [2.75, 3.05) is 0 Å². The van der Waals surface area contributed by atoms with Gasteiger partial charge in [-0.05, 0) is 12.3 Å². The largest absolute Gasteiger partial charge is 0.252 e. The first-order valence-corrected chi connectivity index (χ1v) is 4.81. The second-order valence-electron chi connectivity index (χ2n) is 2.96. The minimum atomic E-state index is 0.733. The fraction of sp³-hybridized carbons (Fsp3) is 0.714. The third-order valence-corrected chi connectivity index (χ3v) is 1.94. The molecule has 4 heteroatoms. The standard InChI is InChI=1S/C7H12IN3/c1-6(2)3-4-11-5-9-7(8)10-11/h5-6H,3-4H2,1-2H3. The average Bonchev–Trinajstić information content (AvgIpc) is 2.31. The van der Waals surface area contributed by atoms with Crippen molar-refractivity contribution >= 4 is 22.6 Å². The molecule has 0 amide bonds. The molecular formula is C7H12IN3. The highest BCUT2D eigenvalue weighted by atomic mass is 127. The maximum Gasteiger partial charge on any atom is 0.211 e. The first-order valence-electron chi connectivity index (χ1n) is 3.73. The molecule has 0 N–H and O–H groups in total. The van der Waals surface area contributed by atoms with Crippen LogP contribution in [0.3, 0.4) is 0 Å². The smallest absolute Gasteiger partial charge is 0.211 e. The molecule has 0 unspecified atom stereocenters. The molecule has 0 aromatic carbocycles. The van der Waals surface area contributed by atoms with Crippen molar-refractivity contribution in [3.63, 3.8) is 0 Å². The highest BCUT2D eigenvalue weighted by Gasteiger charge is 1.97. The lowest BCUT2D eigenvalue weighted by atomic mass is 10.1. The summed E-state index contributed by atoms with van der Waals surface area (Å²) in [4.78, 5) is 4.03. The zero-order valence-electron chi connectivity index (χ0n) is 6.79. The second-order valence-corrected chi connectivity index (χ2v) is 3.92. The Labute approximate surface area is 80.3 Å². The van der Waals surface area contributed by atoms with Crippen molar-refractivity contribution in [2.45, 2.75) is 26.8 Å². The lowest BCUT2D eigenvalue weighted by Crippen LogP contribution is -2.01. The van der Waals surface area contributed by atoms with E-state index in [4.69, 9.17) is 0 Å². The number of aromatic nitrogens is 3. The van der Waals surface area contributed by atoms with Crippen molar-refractivity contribution in [1.29, 1.82) is 0 Å². The van der Waals surface area contributed by atoms with Crippen LogP contribution in [-0.4, -0.2) is 14.8 Å². The summed E-state index contributed by atoms with van der Waals surface area (Å²) in [5, 5.41) is 4.17. The number of hydrogen-bond acceptors (Lipinski definition) is 2. The van der Waals surface area contributed by atoms with Crippen molar-refractivity contribution in [3.8, 4) is 0 Å². The molecule has 0 spiro atoms. The summed E-state index contributed by atoms with van der Waals surface area (Å²) in [5.74, 6) is 0.733. The fourth-order valence-electron chi connectivity index (χ4n) is 0.770. The number of halogens is 1. The van der Waals surface area contributed by atoms with Gasteiger partial charge in [0.1, 0.15) is 6.33 Å². The van der Waals surface area contributed by atoms with Gasteiger partial charge in [-0.3, -0.25) is 4.68 Å². The lowest BCUT2D eigenvalue weighted by Gasteiger charge is -2.02. The number of hydrogen-bond donors (Lipinski definition) is 0. The molecule has 1 heterocycles. The molecule has 0 fully saturated rings. The van der Waals surface area contributed by atoms with Crippen LogP contribution in [0.15, 0.2) is 6.33 Å². The van der Waals surface area contributed by atoms with Gasteiger partial charge in [0, 0.05) is 29.1 Å². The Kier molecular flexibility index (Phi) is 3.29. The van der Waals surface area contributed by atoms with Gasteiger partial charge >= 0.3 is 0 Å². The molecule has 0 aliphatic rings. The minimum absolute atomic E-state index is 0.733. The summed E-state index contributed by atoms with van der Waals surface area (Å²) in [5.41, 5.74) is 0. The third kappa shape index (κ3) is 3.18. The molecule has 3 nitrogen and oxygen atoms in total. The maximum absolute atomic E-state index is 4.17. The summed E-state index contributed by atoms with van der Waals surface area (Å²) < 4.78 is 2.72. The predicted molar refractivity (Wildman–Crippen MR) is 52.2 cm³/mol. The summed E-state index contributed by atoms with van der Waals surface area (Å²) >= 11 is 2.11. The Morgan fingerprint density at radius 1 is 1.64 bits per heavy atom. The first kappa shape index (κ1) is 8.96. The summed E-state index contributed by atoms with van der Waals surface area (Å²) in [6.45, 7) is 5.40. The van der Waals surface area contributed by atoms with Gasteiger partial charge in [-0.15, -0.1) is 5.10 Å². The van der Waals surface area contributed by atoms with Crippen LogP contribution in [0.25, 0.3) is 0 Å². The number of aryl methyl sites for hydroxylation is 1. The Morgan fingerprint density at radius 2 is 2.36 bits per heavy atom. The SMILES string of the molecule is CC(C)CCn1cnc(I)n1. The molecule has 0 aliphatic carbocycles. The van der Waals surface area contributed by atoms with E-state index in [-0.39, 0.29) is 0 Å². The van der Waals surface area contributed by atoms with E-state index >= 15 is 0 Å². The molecule has 1 aromatic rings. The molecule has 0 aliphatic heterocycles.